The Hall–Kier alpha value is -1.87. The molecule has 0 saturated carbocycles. The van der Waals surface area contributed by atoms with Gasteiger partial charge >= 0.3 is 0 Å². The molecule has 1 aliphatic rings. The van der Waals surface area contributed by atoms with Crippen LogP contribution in [0.2, 0.25) is 0 Å². The highest BCUT2D eigenvalue weighted by Crippen LogP contribution is 2.22. The summed E-state index contributed by atoms with van der Waals surface area (Å²) in [5.41, 5.74) is 1.10. The zero-order chi connectivity index (χ0) is 20.3. The molecule has 1 aliphatic heterocycles. The van der Waals surface area contributed by atoms with Gasteiger partial charge in [0.1, 0.15) is 0 Å². The van der Waals surface area contributed by atoms with Crippen LogP contribution in [0.5, 0.6) is 0 Å². The van der Waals surface area contributed by atoms with Crippen molar-refractivity contribution in [2.45, 2.75) is 35.8 Å². The van der Waals surface area contributed by atoms with Crippen LogP contribution in [-0.2, 0) is 14.8 Å². The van der Waals surface area contributed by atoms with Crippen molar-refractivity contribution in [2.24, 2.45) is 0 Å². The average Bonchev–Trinajstić information content (AvgIpc) is 2.67. The second kappa shape index (κ2) is 8.65. The average molecular weight is 421 g/mol. The molecule has 150 valence electrons. The first-order valence-electron chi connectivity index (χ1n) is 9.00. The lowest BCUT2D eigenvalue weighted by molar-refractivity contribution is -0.0440. The van der Waals surface area contributed by atoms with Crippen molar-refractivity contribution in [3.63, 3.8) is 0 Å². The lowest BCUT2D eigenvalue weighted by Crippen LogP contribution is -2.48. The number of amides is 1. The number of hydrogen-bond acceptors (Lipinski definition) is 5. The van der Waals surface area contributed by atoms with Crippen molar-refractivity contribution in [2.75, 3.05) is 24.7 Å². The van der Waals surface area contributed by atoms with Crippen molar-refractivity contribution in [1.29, 1.82) is 0 Å². The number of rotatable bonds is 5. The first-order valence-corrected chi connectivity index (χ1v) is 11.7. The molecule has 0 spiro atoms. The molecule has 0 radical (unpaired) electrons. The van der Waals surface area contributed by atoms with Crippen LogP contribution < -0.4 is 5.32 Å². The number of ether oxygens (including phenoxy) is 1. The molecule has 1 amide bonds. The fraction of sp³-hybridized carbons (Fsp3) is 0.350. The van der Waals surface area contributed by atoms with E-state index in [2.05, 4.69) is 5.32 Å². The van der Waals surface area contributed by atoms with E-state index in [4.69, 9.17) is 4.74 Å². The molecular weight excluding hydrogens is 396 g/mol. The molecule has 2 aromatic carbocycles. The van der Waals surface area contributed by atoms with E-state index in [1.54, 1.807) is 11.8 Å². The molecule has 8 heteroatoms. The summed E-state index contributed by atoms with van der Waals surface area (Å²) in [6.45, 7) is 4.36. The number of anilines is 1. The Kier molecular flexibility index (Phi) is 6.44. The zero-order valence-corrected chi connectivity index (χ0v) is 17.7. The number of benzene rings is 2. The van der Waals surface area contributed by atoms with Crippen molar-refractivity contribution in [3.05, 3.63) is 54.1 Å². The van der Waals surface area contributed by atoms with Crippen LogP contribution in [0, 0.1) is 0 Å². The lowest BCUT2D eigenvalue weighted by atomic mass is 10.2. The van der Waals surface area contributed by atoms with Crippen LogP contribution in [0.25, 0.3) is 0 Å². The van der Waals surface area contributed by atoms with E-state index in [1.165, 1.54) is 28.6 Å². The van der Waals surface area contributed by atoms with E-state index < -0.39 is 10.0 Å². The van der Waals surface area contributed by atoms with Crippen molar-refractivity contribution >= 4 is 33.4 Å². The third kappa shape index (κ3) is 4.75. The van der Waals surface area contributed by atoms with Crippen molar-refractivity contribution in [3.8, 4) is 0 Å². The second-order valence-corrected chi connectivity index (χ2v) is 9.61. The zero-order valence-electron chi connectivity index (χ0n) is 16.1. The molecule has 0 aromatic heterocycles. The topological polar surface area (TPSA) is 75.7 Å². The Morgan fingerprint density at radius 3 is 2.36 bits per heavy atom. The maximum absolute atomic E-state index is 12.9. The third-order valence-electron chi connectivity index (χ3n) is 4.47. The largest absolute Gasteiger partial charge is 0.373 e. The number of sulfonamides is 1. The van der Waals surface area contributed by atoms with Crippen LogP contribution in [0.15, 0.2) is 58.3 Å². The third-order valence-corrected chi connectivity index (χ3v) is 7.04. The maximum Gasteiger partial charge on any atom is 0.255 e. The van der Waals surface area contributed by atoms with Crippen LogP contribution in [0.3, 0.4) is 0 Å². The van der Waals surface area contributed by atoms with E-state index in [9.17, 15) is 13.2 Å². The highest BCUT2D eigenvalue weighted by atomic mass is 32.2. The molecule has 6 nitrogen and oxygen atoms in total. The van der Waals surface area contributed by atoms with Gasteiger partial charge in [0.15, 0.2) is 0 Å². The van der Waals surface area contributed by atoms with Crippen LogP contribution >= 0.6 is 11.8 Å². The quantitative estimate of drug-likeness (QED) is 0.750. The fourth-order valence-corrected chi connectivity index (χ4v) is 5.21. The molecule has 1 saturated heterocycles. The minimum absolute atomic E-state index is 0.152. The van der Waals surface area contributed by atoms with E-state index >= 15 is 0 Å². The maximum atomic E-state index is 12.9. The molecule has 28 heavy (non-hydrogen) atoms. The summed E-state index contributed by atoms with van der Waals surface area (Å²) in [7, 11) is -3.62. The van der Waals surface area contributed by atoms with Gasteiger partial charge < -0.3 is 10.1 Å². The van der Waals surface area contributed by atoms with Gasteiger partial charge in [-0.05, 0) is 62.6 Å². The standard InChI is InChI=1S/C20H24N2O4S2/c1-14-12-22(13-15(2)26-14)28(24,25)19-9-7-16(8-10-19)20(23)21-17-5-4-6-18(11-17)27-3/h4-11,14-15H,12-13H2,1-3H3,(H,21,23)/t14-,15-/m1/s1. The number of carbonyl (C=O) groups excluding carboxylic acids is 1. The van der Waals surface area contributed by atoms with Gasteiger partial charge in [-0.3, -0.25) is 4.79 Å². The fourth-order valence-electron chi connectivity index (χ4n) is 3.16. The first kappa shape index (κ1) is 20.9. The van der Waals surface area contributed by atoms with Gasteiger partial charge in [0.25, 0.3) is 5.91 Å². The number of morpholine rings is 1. The van der Waals surface area contributed by atoms with Crippen LogP contribution in [0.4, 0.5) is 5.69 Å². The molecule has 0 aliphatic carbocycles. The summed E-state index contributed by atoms with van der Waals surface area (Å²) in [5, 5.41) is 2.84. The van der Waals surface area contributed by atoms with Gasteiger partial charge in [0.05, 0.1) is 17.1 Å². The smallest absolute Gasteiger partial charge is 0.255 e. The van der Waals surface area contributed by atoms with Crippen LogP contribution in [0.1, 0.15) is 24.2 Å². The van der Waals surface area contributed by atoms with Gasteiger partial charge in [-0.25, -0.2) is 8.42 Å². The predicted molar refractivity (Wildman–Crippen MR) is 111 cm³/mol. The number of thioether (sulfide) groups is 1. The Morgan fingerprint density at radius 2 is 1.75 bits per heavy atom. The summed E-state index contributed by atoms with van der Waals surface area (Å²) < 4.78 is 32.8. The molecule has 0 bridgehead atoms. The Balaban J connectivity index is 1.74. The molecule has 3 rings (SSSR count). The summed E-state index contributed by atoms with van der Waals surface area (Å²) in [5.74, 6) is -0.282. The molecule has 0 unspecified atom stereocenters. The molecule has 1 heterocycles. The van der Waals surface area contributed by atoms with Gasteiger partial charge in [-0.1, -0.05) is 6.07 Å². The second-order valence-electron chi connectivity index (χ2n) is 6.79. The minimum Gasteiger partial charge on any atom is -0.373 e. The first-order chi connectivity index (χ1) is 13.3. The monoisotopic (exact) mass is 420 g/mol. The minimum atomic E-state index is -3.62. The predicted octanol–water partition coefficient (Wildman–Crippen LogP) is 3.46. The number of carbonyl (C=O) groups is 1. The normalized spacial score (nSPS) is 20.7. The van der Waals surface area contributed by atoms with Crippen molar-refractivity contribution < 1.29 is 17.9 Å². The molecule has 1 N–H and O–H groups in total. The molecular formula is C20H24N2O4S2. The van der Waals surface area contributed by atoms with Gasteiger partial charge in [0.2, 0.25) is 10.0 Å². The number of hydrogen-bond donors (Lipinski definition) is 1. The summed E-state index contributed by atoms with van der Waals surface area (Å²) in [6.07, 6.45) is 1.66. The number of nitrogens with zero attached hydrogens (tertiary/aromatic N) is 1. The summed E-state index contributed by atoms with van der Waals surface area (Å²) >= 11 is 1.59. The highest BCUT2D eigenvalue weighted by Gasteiger charge is 2.32. The lowest BCUT2D eigenvalue weighted by Gasteiger charge is -2.34. The Bertz CT molecular complexity index is 935. The highest BCUT2D eigenvalue weighted by molar-refractivity contribution is 7.98. The van der Waals surface area contributed by atoms with E-state index in [0.717, 1.165) is 4.90 Å². The van der Waals surface area contributed by atoms with Gasteiger partial charge in [0, 0.05) is 29.2 Å². The van der Waals surface area contributed by atoms with Gasteiger partial charge in [-0.15, -0.1) is 11.8 Å². The van der Waals surface area contributed by atoms with Crippen molar-refractivity contribution in [1.82, 2.24) is 4.31 Å². The van der Waals surface area contributed by atoms with E-state index in [0.29, 0.717) is 24.3 Å². The number of nitrogens with one attached hydrogen (secondary N) is 1. The van der Waals surface area contributed by atoms with E-state index in [-0.39, 0.29) is 23.0 Å². The van der Waals surface area contributed by atoms with Crippen LogP contribution in [-0.4, -0.2) is 50.2 Å². The Labute approximate surface area is 170 Å². The Morgan fingerprint density at radius 1 is 1.11 bits per heavy atom. The molecule has 1 fully saturated rings. The molecule has 2 aromatic rings. The van der Waals surface area contributed by atoms with Gasteiger partial charge in [-0.2, -0.15) is 4.31 Å². The summed E-state index contributed by atoms with van der Waals surface area (Å²) in [6, 6.07) is 13.6. The SMILES string of the molecule is CSc1cccc(NC(=O)c2ccc(S(=O)(=O)N3C[C@@H](C)O[C@H](C)C3)cc2)c1. The van der Waals surface area contributed by atoms with E-state index in [1.807, 2.05) is 44.4 Å². The summed E-state index contributed by atoms with van der Waals surface area (Å²) in [4.78, 5) is 13.7. The molecule has 2 atom stereocenters.